The summed E-state index contributed by atoms with van der Waals surface area (Å²) < 4.78 is 7.86. The molecule has 0 aliphatic carbocycles. The number of nitrogens with one attached hydrogen (secondary N) is 1. The highest BCUT2D eigenvalue weighted by molar-refractivity contribution is 9.10. The molecule has 1 aliphatic heterocycles. The number of nitrogens with zero attached hydrogens (tertiary/aromatic N) is 2. The Morgan fingerprint density at radius 2 is 2.13 bits per heavy atom. The fourth-order valence-corrected chi connectivity index (χ4v) is 3.20. The molecule has 0 unspecified atom stereocenters. The van der Waals surface area contributed by atoms with Crippen molar-refractivity contribution >= 4 is 44.9 Å². The van der Waals surface area contributed by atoms with Gasteiger partial charge in [0.2, 0.25) is 0 Å². The number of amides is 1. The predicted molar refractivity (Wildman–Crippen MR) is 90.5 cm³/mol. The first-order chi connectivity index (χ1) is 10.8. The normalized spacial score (nSPS) is 13.8. The molecule has 0 spiro atoms. The molecule has 0 bridgehead atoms. The van der Waals surface area contributed by atoms with E-state index in [1.54, 1.807) is 22.9 Å². The fraction of sp³-hybridized carbons (Fsp3) is 0.312. The van der Waals surface area contributed by atoms with Gasteiger partial charge in [0.05, 0.1) is 21.9 Å². The molecule has 2 aromatic rings. The van der Waals surface area contributed by atoms with Crippen molar-refractivity contribution in [3.05, 3.63) is 33.9 Å². The van der Waals surface area contributed by atoms with Gasteiger partial charge in [0.1, 0.15) is 12.1 Å². The van der Waals surface area contributed by atoms with Gasteiger partial charge in [0.25, 0.3) is 5.91 Å². The Hall–Kier alpha value is -2.15. The zero-order valence-corrected chi connectivity index (χ0v) is 14.6. The standard InChI is InChI=1S/C16H16BrN3O3/c1-16(2,3)23-12(21)8-20-11-6-4-5-9-13(11)10(14(20)17)7-18-19-15(9)22/h4-7H,8H2,1-3H3,(H,19,22). The minimum absolute atomic E-state index is 0.0489. The third kappa shape index (κ3) is 2.88. The van der Waals surface area contributed by atoms with Gasteiger partial charge in [-0.1, -0.05) is 6.07 Å². The Bertz CT molecular complexity index is 846. The van der Waals surface area contributed by atoms with Gasteiger partial charge in [-0.05, 0) is 48.8 Å². The van der Waals surface area contributed by atoms with Crippen LogP contribution in [0.3, 0.4) is 0 Å². The van der Waals surface area contributed by atoms with Gasteiger partial charge in [0.15, 0.2) is 0 Å². The van der Waals surface area contributed by atoms with Crippen molar-refractivity contribution in [2.75, 3.05) is 0 Å². The summed E-state index contributed by atoms with van der Waals surface area (Å²) in [5, 5.41) is 4.69. The molecule has 6 nitrogen and oxygen atoms in total. The number of halogens is 1. The molecular weight excluding hydrogens is 362 g/mol. The smallest absolute Gasteiger partial charge is 0.326 e. The summed E-state index contributed by atoms with van der Waals surface area (Å²) in [6, 6.07) is 5.38. The van der Waals surface area contributed by atoms with E-state index in [0.29, 0.717) is 10.2 Å². The molecule has 0 saturated heterocycles. The summed E-state index contributed by atoms with van der Waals surface area (Å²) in [5.74, 6) is -0.613. The number of hydrogen-bond acceptors (Lipinski definition) is 4. The van der Waals surface area contributed by atoms with Crippen molar-refractivity contribution < 1.29 is 14.3 Å². The lowest BCUT2D eigenvalue weighted by Crippen LogP contribution is -2.26. The van der Waals surface area contributed by atoms with E-state index in [1.165, 1.54) is 0 Å². The largest absolute Gasteiger partial charge is 0.459 e. The number of rotatable bonds is 2. The van der Waals surface area contributed by atoms with Crippen molar-refractivity contribution in [3.8, 4) is 0 Å². The van der Waals surface area contributed by atoms with E-state index in [9.17, 15) is 9.59 Å². The Morgan fingerprint density at radius 1 is 1.39 bits per heavy atom. The molecule has 1 aromatic heterocycles. The number of benzene rings is 1. The average molecular weight is 378 g/mol. The maximum atomic E-state index is 12.2. The van der Waals surface area contributed by atoms with Gasteiger partial charge >= 0.3 is 5.97 Å². The molecule has 0 radical (unpaired) electrons. The van der Waals surface area contributed by atoms with Gasteiger partial charge in [0, 0.05) is 10.9 Å². The molecule has 7 heteroatoms. The van der Waals surface area contributed by atoms with Crippen molar-refractivity contribution in [1.29, 1.82) is 0 Å². The Morgan fingerprint density at radius 3 is 2.83 bits per heavy atom. The van der Waals surface area contributed by atoms with E-state index in [0.717, 1.165) is 16.5 Å². The lowest BCUT2D eigenvalue weighted by atomic mass is 10.1. The molecular formula is C16H16BrN3O3. The van der Waals surface area contributed by atoms with Crippen LogP contribution in [0.1, 0.15) is 36.7 Å². The minimum Gasteiger partial charge on any atom is -0.459 e. The van der Waals surface area contributed by atoms with Crippen LogP contribution in [0.25, 0.3) is 10.9 Å². The highest BCUT2D eigenvalue weighted by atomic mass is 79.9. The van der Waals surface area contributed by atoms with Gasteiger partial charge in [-0.2, -0.15) is 5.10 Å². The number of ether oxygens (including phenoxy) is 1. The summed E-state index contributed by atoms with van der Waals surface area (Å²) in [5.41, 5.74) is 3.98. The molecule has 3 rings (SSSR count). The molecule has 0 fully saturated rings. The highest BCUT2D eigenvalue weighted by Crippen LogP contribution is 2.33. The summed E-state index contributed by atoms with van der Waals surface area (Å²) in [6.07, 6.45) is 1.58. The number of hydrogen-bond donors (Lipinski definition) is 1. The van der Waals surface area contributed by atoms with E-state index in [4.69, 9.17) is 4.74 Å². The fourth-order valence-electron chi connectivity index (χ4n) is 2.58. The van der Waals surface area contributed by atoms with Gasteiger partial charge in [-0.15, -0.1) is 0 Å². The van der Waals surface area contributed by atoms with Gasteiger partial charge < -0.3 is 9.30 Å². The number of aromatic nitrogens is 1. The number of hydrazone groups is 1. The summed E-state index contributed by atoms with van der Waals surface area (Å²) in [7, 11) is 0. The van der Waals surface area contributed by atoms with E-state index in [-0.39, 0.29) is 18.4 Å². The third-order valence-corrected chi connectivity index (χ3v) is 4.23. The van der Waals surface area contributed by atoms with Gasteiger partial charge in [-0.3, -0.25) is 9.59 Å². The van der Waals surface area contributed by atoms with Crippen LogP contribution in [0.15, 0.2) is 27.9 Å². The summed E-state index contributed by atoms with van der Waals surface area (Å²) >= 11 is 3.51. The molecule has 23 heavy (non-hydrogen) atoms. The zero-order valence-electron chi connectivity index (χ0n) is 13.0. The van der Waals surface area contributed by atoms with Crippen LogP contribution in [0.2, 0.25) is 0 Å². The van der Waals surface area contributed by atoms with Crippen LogP contribution in [0, 0.1) is 0 Å². The van der Waals surface area contributed by atoms with Crippen LogP contribution < -0.4 is 5.43 Å². The average Bonchev–Trinajstić information content (AvgIpc) is 2.61. The van der Waals surface area contributed by atoms with Crippen LogP contribution in [0.4, 0.5) is 0 Å². The van der Waals surface area contributed by atoms with Crippen molar-refractivity contribution in [2.24, 2.45) is 5.10 Å². The highest BCUT2D eigenvalue weighted by Gasteiger charge is 2.24. The minimum atomic E-state index is -0.548. The number of carbonyl (C=O) groups excluding carboxylic acids is 2. The van der Waals surface area contributed by atoms with Crippen molar-refractivity contribution in [1.82, 2.24) is 9.99 Å². The van der Waals surface area contributed by atoms with Crippen LogP contribution >= 0.6 is 15.9 Å². The van der Waals surface area contributed by atoms with Crippen LogP contribution in [-0.4, -0.2) is 28.3 Å². The summed E-state index contributed by atoms with van der Waals surface area (Å²) in [4.78, 5) is 24.3. The first-order valence-electron chi connectivity index (χ1n) is 7.14. The first-order valence-corrected chi connectivity index (χ1v) is 7.93. The van der Waals surface area contributed by atoms with Gasteiger partial charge in [-0.25, -0.2) is 5.43 Å². The molecule has 1 N–H and O–H groups in total. The van der Waals surface area contributed by atoms with E-state index >= 15 is 0 Å². The maximum absolute atomic E-state index is 12.2. The first kappa shape index (κ1) is 15.7. The molecule has 1 aromatic carbocycles. The lowest BCUT2D eigenvalue weighted by molar-refractivity contribution is -0.155. The van der Waals surface area contributed by atoms with E-state index in [1.807, 2.05) is 26.8 Å². The quantitative estimate of drug-likeness (QED) is 0.817. The predicted octanol–water partition coefficient (Wildman–Crippen LogP) is 2.82. The van der Waals surface area contributed by atoms with E-state index < -0.39 is 5.60 Å². The van der Waals surface area contributed by atoms with E-state index in [2.05, 4.69) is 26.5 Å². The molecule has 1 amide bonds. The maximum Gasteiger partial charge on any atom is 0.326 e. The van der Waals surface area contributed by atoms with Crippen LogP contribution in [-0.2, 0) is 16.1 Å². The third-order valence-electron chi connectivity index (χ3n) is 3.37. The molecule has 0 atom stereocenters. The second kappa shape index (κ2) is 5.49. The van der Waals surface area contributed by atoms with Crippen molar-refractivity contribution in [3.63, 3.8) is 0 Å². The molecule has 0 saturated carbocycles. The Labute approximate surface area is 141 Å². The lowest BCUT2D eigenvalue weighted by Gasteiger charge is -2.20. The number of carbonyl (C=O) groups is 2. The molecule has 1 aliphatic rings. The summed E-state index contributed by atoms with van der Waals surface area (Å²) in [6.45, 7) is 5.53. The monoisotopic (exact) mass is 377 g/mol. The molecule has 120 valence electrons. The zero-order chi connectivity index (χ0) is 16.8. The van der Waals surface area contributed by atoms with Crippen molar-refractivity contribution in [2.45, 2.75) is 32.9 Å². The Kier molecular flexibility index (Phi) is 3.75. The second-order valence-corrected chi connectivity index (χ2v) is 7.03. The van der Waals surface area contributed by atoms with Crippen LogP contribution in [0.5, 0.6) is 0 Å². The second-order valence-electron chi connectivity index (χ2n) is 6.28. The molecule has 2 heterocycles. The number of esters is 1. The SMILES string of the molecule is CC(C)(C)OC(=O)Cn1c(Br)c2c3c(cccc31)C(=O)NN=C2. The topological polar surface area (TPSA) is 72.7 Å². The Balaban J connectivity index is 2.12.